The molecule has 0 aliphatic carbocycles. The number of ether oxygens (including phenoxy) is 1. The van der Waals surface area contributed by atoms with Crippen LogP contribution in [0, 0.1) is 10.1 Å². The number of rotatable bonds is 5. The van der Waals surface area contributed by atoms with Gasteiger partial charge in [0.15, 0.2) is 17.2 Å². The Balaban J connectivity index is 2.02. The lowest BCUT2D eigenvalue weighted by atomic mass is 10.0. The van der Waals surface area contributed by atoms with Gasteiger partial charge in [-0.05, 0) is 23.8 Å². The fraction of sp³-hybridized carbons (Fsp3) is 0.118. The van der Waals surface area contributed by atoms with E-state index in [0.29, 0.717) is 0 Å². The third-order valence-corrected chi connectivity index (χ3v) is 3.89. The van der Waals surface area contributed by atoms with E-state index >= 15 is 0 Å². The van der Waals surface area contributed by atoms with Crippen LogP contribution in [-0.4, -0.2) is 38.0 Å². The van der Waals surface area contributed by atoms with Crippen LogP contribution in [0.1, 0.15) is 22.2 Å². The highest BCUT2D eigenvalue weighted by Gasteiger charge is 2.25. The first kappa shape index (κ1) is 18.0. The van der Waals surface area contributed by atoms with Crippen molar-refractivity contribution in [2.75, 3.05) is 7.11 Å². The first-order valence-electron chi connectivity index (χ1n) is 7.59. The lowest BCUT2D eigenvalue weighted by Crippen LogP contribution is -2.24. The average molecular weight is 371 g/mol. The Hall–Kier alpha value is -3.79. The topological polar surface area (TPSA) is 156 Å². The number of hydrogen-bond donors (Lipinski definition) is 3. The molecule has 1 unspecified atom stereocenters. The van der Waals surface area contributed by atoms with Gasteiger partial charge in [-0.2, -0.15) is 0 Å². The number of carbonyl (C=O) groups excluding carboxylic acids is 1. The molecule has 0 bridgehead atoms. The molecule has 10 nitrogen and oxygen atoms in total. The van der Waals surface area contributed by atoms with Crippen molar-refractivity contribution in [3.8, 4) is 11.5 Å². The number of aliphatic hydroxyl groups is 1. The van der Waals surface area contributed by atoms with E-state index in [4.69, 9.17) is 4.74 Å². The number of benzene rings is 2. The first-order valence-corrected chi connectivity index (χ1v) is 7.59. The molecule has 138 valence electrons. The molecule has 1 aromatic heterocycles. The Morgan fingerprint density at radius 1 is 1.30 bits per heavy atom. The highest BCUT2D eigenvalue weighted by atomic mass is 16.6. The number of aromatic hydroxyl groups is 1. The van der Waals surface area contributed by atoms with Crippen LogP contribution >= 0.6 is 0 Å². The number of aromatic nitrogens is 2. The van der Waals surface area contributed by atoms with Crippen molar-refractivity contribution in [2.24, 2.45) is 0 Å². The van der Waals surface area contributed by atoms with Gasteiger partial charge in [-0.1, -0.05) is 6.07 Å². The van der Waals surface area contributed by atoms with E-state index in [9.17, 15) is 29.9 Å². The summed E-state index contributed by atoms with van der Waals surface area (Å²) in [6.45, 7) is 0. The number of fused-ring (bicyclic) bond motifs is 1. The number of nitro groups is 1. The summed E-state index contributed by atoms with van der Waals surface area (Å²) < 4.78 is 4.92. The normalized spacial score (nSPS) is 11.9. The number of non-ortho nitro benzene ring substituents is 1. The summed E-state index contributed by atoms with van der Waals surface area (Å²) in [5, 5.41) is 30.7. The molecule has 1 atom stereocenters. The number of phenolic OH excluding ortho intramolecular Hbond substituents is 1. The number of Topliss-reactive ketones (excluding diaryl/α,β-unsaturated/α-hetero) is 1. The molecule has 0 fully saturated rings. The predicted octanol–water partition coefficient (Wildman–Crippen LogP) is 1.46. The fourth-order valence-corrected chi connectivity index (χ4v) is 2.50. The Bertz CT molecular complexity index is 1120. The minimum absolute atomic E-state index is 0.0482. The molecule has 1 heterocycles. The summed E-state index contributed by atoms with van der Waals surface area (Å²) in [7, 11) is 1.31. The van der Waals surface area contributed by atoms with Gasteiger partial charge in [0.05, 0.1) is 23.1 Å². The van der Waals surface area contributed by atoms with E-state index in [1.165, 1.54) is 37.4 Å². The van der Waals surface area contributed by atoms with Crippen molar-refractivity contribution in [3.63, 3.8) is 0 Å². The number of nitrogens with zero attached hydrogens (tertiary/aromatic N) is 2. The van der Waals surface area contributed by atoms with Gasteiger partial charge in [-0.25, -0.2) is 4.98 Å². The largest absolute Gasteiger partial charge is 0.504 e. The Labute approximate surface area is 150 Å². The first-order chi connectivity index (χ1) is 12.8. The van der Waals surface area contributed by atoms with Crippen LogP contribution in [0.15, 0.2) is 41.2 Å². The summed E-state index contributed by atoms with van der Waals surface area (Å²) in [6.07, 6.45) is -1.72. The van der Waals surface area contributed by atoms with Gasteiger partial charge in [-0.3, -0.25) is 19.7 Å². The Kier molecular flexibility index (Phi) is 4.57. The quantitative estimate of drug-likeness (QED) is 0.346. The maximum atomic E-state index is 12.5. The van der Waals surface area contributed by atoms with Crippen LogP contribution < -0.4 is 10.3 Å². The number of ketones is 1. The molecule has 2 aromatic carbocycles. The average Bonchev–Trinajstić information content (AvgIpc) is 2.66. The SMILES string of the molecule is COc1cc(C(O)C(=O)c2nc3ccc([N+](=O)[O-])cc3[nH]c2=O)ccc1O. The van der Waals surface area contributed by atoms with Gasteiger partial charge in [0.25, 0.3) is 11.2 Å². The van der Waals surface area contributed by atoms with E-state index in [-0.39, 0.29) is 33.8 Å². The predicted molar refractivity (Wildman–Crippen MR) is 93.0 cm³/mol. The summed E-state index contributed by atoms with van der Waals surface area (Å²) in [5.41, 5.74) is -1.34. The molecular weight excluding hydrogens is 358 g/mol. The van der Waals surface area contributed by atoms with E-state index in [1.54, 1.807) is 0 Å². The van der Waals surface area contributed by atoms with Gasteiger partial charge < -0.3 is 19.9 Å². The van der Waals surface area contributed by atoms with Crippen LogP contribution in [-0.2, 0) is 0 Å². The molecule has 3 aromatic rings. The van der Waals surface area contributed by atoms with Gasteiger partial charge in [0.1, 0.15) is 6.10 Å². The molecule has 10 heteroatoms. The minimum Gasteiger partial charge on any atom is -0.504 e. The summed E-state index contributed by atoms with van der Waals surface area (Å²) in [4.78, 5) is 41.2. The van der Waals surface area contributed by atoms with Gasteiger partial charge in [-0.15, -0.1) is 0 Å². The molecule has 0 radical (unpaired) electrons. The van der Waals surface area contributed by atoms with Crippen LogP contribution in [0.3, 0.4) is 0 Å². The van der Waals surface area contributed by atoms with E-state index in [0.717, 1.165) is 6.07 Å². The molecule has 3 N–H and O–H groups in total. The van der Waals surface area contributed by atoms with Gasteiger partial charge >= 0.3 is 0 Å². The molecule has 27 heavy (non-hydrogen) atoms. The minimum atomic E-state index is -1.72. The molecule has 0 aliphatic heterocycles. The highest BCUT2D eigenvalue weighted by molar-refractivity contribution is 5.99. The third kappa shape index (κ3) is 3.33. The number of nitro benzene ring substituents is 1. The lowest BCUT2D eigenvalue weighted by Gasteiger charge is -2.11. The Morgan fingerprint density at radius 3 is 2.70 bits per heavy atom. The summed E-state index contributed by atoms with van der Waals surface area (Å²) >= 11 is 0. The van der Waals surface area contributed by atoms with Gasteiger partial charge in [0.2, 0.25) is 5.78 Å². The van der Waals surface area contributed by atoms with Crippen molar-refractivity contribution in [1.29, 1.82) is 0 Å². The number of methoxy groups -OCH3 is 1. The summed E-state index contributed by atoms with van der Waals surface area (Å²) in [6, 6.07) is 7.40. The standard InChI is InChI=1S/C17H13N3O7/c1-27-13-6-8(2-5-12(13)21)15(22)16(23)14-17(24)19-11-7-9(20(25)26)3-4-10(11)18-14/h2-7,15,21-22H,1H3,(H,19,24). The van der Waals surface area contributed by atoms with E-state index in [2.05, 4.69) is 9.97 Å². The van der Waals surface area contributed by atoms with Gasteiger partial charge in [0, 0.05) is 12.1 Å². The maximum Gasteiger partial charge on any atom is 0.278 e. The van der Waals surface area contributed by atoms with Crippen LogP contribution in [0.25, 0.3) is 11.0 Å². The van der Waals surface area contributed by atoms with E-state index < -0.39 is 28.1 Å². The zero-order valence-corrected chi connectivity index (χ0v) is 13.9. The fourth-order valence-electron chi connectivity index (χ4n) is 2.50. The van der Waals surface area contributed by atoms with Crippen molar-refractivity contribution >= 4 is 22.5 Å². The highest BCUT2D eigenvalue weighted by Crippen LogP contribution is 2.29. The third-order valence-electron chi connectivity index (χ3n) is 3.89. The summed E-state index contributed by atoms with van der Waals surface area (Å²) in [5.74, 6) is -1.10. The molecule has 0 amide bonds. The number of H-pyrrole nitrogens is 1. The molecule has 0 spiro atoms. The van der Waals surface area contributed by atoms with Crippen molar-refractivity contribution in [3.05, 3.63) is 68.1 Å². The molecule has 0 saturated carbocycles. The number of aromatic amines is 1. The second-order valence-electron chi connectivity index (χ2n) is 5.57. The zero-order chi connectivity index (χ0) is 19.7. The molecule has 0 saturated heterocycles. The molecule has 0 aliphatic rings. The monoisotopic (exact) mass is 371 g/mol. The smallest absolute Gasteiger partial charge is 0.278 e. The lowest BCUT2D eigenvalue weighted by molar-refractivity contribution is -0.384. The number of aliphatic hydroxyl groups excluding tert-OH is 1. The van der Waals surface area contributed by atoms with Crippen LogP contribution in [0.5, 0.6) is 11.5 Å². The van der Waals surface area contributed by atoms with E-state index in [1.807, 2.05) is 0 Å². The van der Waals surface area contributed by atoms with Crippen molar-refractivity contribution < 1.29 is 24.7 Å². The van der Waals surface area contributed by atoms with Crippen LogP contribution in [0.2, 0.25) is 0 Å². The second-order valence-corrected chi connectivity index (χ2v) is 5.57. The number of carbonyl (C=O) groups is 1. The van der Waals surface area contributed by atoms with Crippen molar-refractivity contribution in [1.82, 2.24) is 9.97 Å². The number of hydrogen-bond acceptors (Lipinski definition) is 8. The zero-order valence-electron chi connectivity index (χ0n) is 13.9. The molecular formula is C17H13N3O7. The van der Waals surface area contributed by atoms with Crippen LogP contribution in [0.4, 0.5) is 5.69 Å². The Morgan fingerprint density at radius 2 is 2.04 bits per heavy atom. The maximum absolute atomic E-state index is 12.5. The second kappa shape index (κ2) is 6.84. The van der Waals surface area contributed by atoms with Crippen molar-refractivity contribution in [2.45, 2.75) is 6.10 Å². The number of phenols is 1. The number of nitrogens with one attached hydrogen (secondary N) is 1. The molecule has 3 rings (SSSR count).